The summed E-state index contributed by atoms with van der Waals surface area (Å²) in [6, 6.07) is 8.80. The Morgan fingerprint density at radius 3 is 3.00 bits per heavy atom. The summed E-state index contributed by atoms with van der Waals surface area (Å²) in [6.07, 6.45) is 2.70. The minimum Gasteiger partial charge on any atom is -0.351 e. The molecule has 1 aromatic rings. The molecule has 0 bridgehead atoms. The summed E-state index contributed by atoms with van der Waals surface area (Å²) in [6.45, 7) is 2.48. The summed E-state index contributed by atoms with van der Waals surface area (Å²) in [5.74, 6) is -0.134. The molecule has 3 N–H and O–H groups in total. The number of unbranched alkanes of at least 4 members (excludes halogenated alkanes) is 1. The molecule has 0 aliphatic carbocycles. The first-order chi connectivity index (χ1) is 8.67. The monoisotopic (exact) mass is 245 g/mol. The van der Waals surface area contributed by atoms with Gasteiger partial charge in [0.25, 0.3) is 0 Å². The molecular formula is C14H19N3O. The van der Waals surface area contributed by atoms with Gasteiger partial charge in [-0.25, -0.2) is 0 Å². The van der Waals surface area contributed by atoms with Gasteiger partial charge in [0.05, 0.1) is 17.7 Å². The molecule has 0 radical (unpaired) electrons. The lowest BCUT2D eigenvalue weighted by atomic mass is 10.1. The van der Waals surface area contributed by atoms with Crippen molar-refractivity contribution in [2.75, 3.05) is 0 Å². The van der Waals surface area contributed by atoms with Crippen molar-refractivity contribution in [2.24, 2.45) is 5.73 Å². The highest BCUT2D eigenvalue weighted by atomic mass is 16.2. The molecule has 96 valence electrons. The summed E-state index contributed by atoms with van der Waals surface area (Å²) in [7, 11) is 0. The Morgan fingerprint density at radius 2 is 2.33 bits per heavy atom. The predicted octanol–water partition coefficient (Wildman–Crippen LogP) is 1.69. The van der Waals surface area contributed by atoms with Crippen molar-refractivity contribution in [3.05, 3.63) is 35.4 Å². The van der Waals surface area contributed by atoms with E-state index in [-0.39, 0.29) is 5.91 Å². The van der Waals surface area contributed by atoms with Crippen LogP contribution in [-0.4, -0.2) is 11.9 Å². The van der Waals surface area contributed by atoms with Gasteiger partial charge < -0.3 is 11.1 Å². The van der Waals surface area contributed by atoms with E-state index in [9.17, 15) is 4.79 Å². The standard InChI is InChI=1S/C14H19N3O/c1-2-3-7-13(16)14(18)17-10-12-6-4-5-11(8-12)9-15/h4-6,8,13H,2-3,7,10,16H2,1H3,(H,17,18)/t13-/m0/s1. The smallest absolute Gasteiger partial charge is 0.237 e. The second-order valence-electron chi connectivity index (χ2n) is 4.28. The van der Waals surface area contributed by atoms with Crippen LogP contribution in [0.4, 0.5) is 0 Å². The molecule has 0 aliphatic heterocycles. The number of amides is 1. The van der Waals surface area contributed by atoms with E-state index in [1.165, 1.54) is 0 Å². The van der Waals surface area contributed by atoms with E-state index in [0.29, 0.717) is 18.5 Å². The average Bonchev–Trinajstić information content (AvgIpc) is 2.42. The van der Waals surface area contributed by atoms with Crippen LogP contribution >= 0.6 is 0 Å². The summed E-state index contributed by atoms with van der Waals surface area (Å²) in [5, 5.41) is 11.6. The maximum absolute atomic E-state index is 11.7. The molecule has 1 amide bonds. The van der Waals surface area contributed by atoms with E-state index in [2.05, 4.69) is 18.3 Å². The van der Waals surface area contributed by atoms with Crippen LogP contribution in [-0.2, 0) is 11.3 Å². The molecule has 1 aromatic carbocycles. The molecule has 0 spiro atoms. The Bertz CT molecular complexity index is 437. The van der Waals surface area contributed by atoms with Crippen LogP contribution in [0.2, 0.25) is 0 Å². The van der Waals surface area contributed by atoms with Crippen LogP contribution in [0.15, 0.2) is 24.3 Å². The van der Waals surface area contributed by atoms with Crippen molar-refractivity contribution in [3.63, 3.8) is 0 Å². The third-order valence-corrected chi connectivity index (χ3v) is 2.73. The van der Waals surface area contributed by atoms with E-state index in [0.717, 1.165) is 18.4 Å². The Labute approximate surface area is 108 Å². The fourth-order valence-corrected chi connectivity index (χ4v) is 1.63. The van der Waals surface area contributed by atoms with E-state index >= 15 is 0 Å². The highest BCUT2D eigenvalue weighted by molar-refractivity contribution is 5.81. The number of nitrogens with one attached hydrogen (secondary N) is 1. The maximum Gasteiger partial charge on any atom is 0.237 e. The van der Waals surface area contributed by atoms with Crippen LogP contribution in [0.1, 0.15) is 37.3 Å². The molecule has 4 heteroatoms. The highest BCUT2D eigenvalue weighted by Gasteiger charge is 2.11. The van der Waals surface area contributed by atoms with Gasteiger partial charge in [0.2, 0.25) is 5.91 Å². The topological polar surface area (TPSA) is 78.9 Å². The molecular weight excluding hydrogens is 226 g/mol. The lowest BCUT2D eigenvalue weighted by molar-refractivity contribution is -0.122. The average molecular weight is 245 g/mol. The minimum atomic E-state index is -0.441. The van der Waals surface area contributed by atoms with E-state index in [1.54, 1.807) is 18.2 Å². The molecule has 0 aliphatic rings. The molecule has 0 saturated carbocycles. The molecule has 0 fully saturated rings. The number of rotatable bonds is 6. The number of nitrogens with zero attached hydrogens (tertiary/aromatic N) is 1. The lowest BCUT2D eigenvalue weighted by Crippen LogP contribution is -2.40. The van der Waals surface area contributed by atoms with Gasteiger partial charge >= 0.3 is 0 Å². The van der Waals surface area contributed by atoms with Gasteiger partial charge in [-0.15, -0.1) is 0 Å². The first kappa shape index (κ1) is 14.2. The van der Waals surface area contributed by atoms with Crippen LogP contribution in [0.5, 0.6) is 0 Å². The van der Waals surface area contributed by atoms with Crippen LogP contribution in [0.25, 0.3) is 0 Å². The largest absolute Gasteiger partial charge is 0.351 e. The van der Waals surface area contributed by atoms with Crippen molar-refractivity contribution < 1.29 is 4.79 Å². The molecule has 0 saturated heterocycles. The first-order valence-corrected chi connectivity index (χ1v) is 6.19. The van der Waals surface area contributed by atoms with E-state index in [1.807, 2.05) is 6.07 Å². The van der Waals surface area contributed by atoms with Gasteiger partial charge in [-0.3, -0.25) is 4.79 Å². The fourth-order valence-electron chi connectivity index (χ4n) is 1.63. The molecule has 0 aromatic heterocycles. The summed E-state index contributed by atoms with van der Waals surface area (Å²) < 4.78 is 0. The zero-order valence-corrected chi connectivity index (χ0v) is 10.6. The zero-order valence-electron chi connectivity index (χ0n) is 10.6. The summed E-state index contributed by atoms with van der Waals surface area (Å²) >= 11 is 0. The predicted molar refractivity (Wildman–Crippen MR) is 70.5 cm³/mol. The highest BCUT2D eigenvalue weighted by Crippen LogP contribution is 2.04. The van der Waals surface area contributed by atoms with Crippen LogP contribution in [0.3, 0.4) is 0 Å². The quantitative estimate of drug-likeness (QED) is 0.800. The van der Waals surface area contributed by atoms with Crippen molar-refractivity contribution in [2.45, 2.75) is 38.8 Å². The molecule has 0 heterocycles. The lowest BCUT2D eigenvalue weighted by Gasteiger charge is -2.11. The van der Waals surface area contributed by atoms with Crippen molar-refractivity contribution in [1.29, 1.82) is 5.26 Å². The van der Waals surface area contributed by atoms with E-state index < -0.39 is 6.04 Å². The van der Waals surface area contributed by atoms with Gasteiger partial charge in [-0.05, 0) is 24.1 Å². The number of carbonyl (C=O) groups excluding carboxylic acids is 1. The van der Waals surface area contributed by atoms with Crippen LogP contribution < -0.4 is 11.1 Å². The third-order valence-electron chi connectivity index (χ3n) is 2.73. The number of hydrogen-bond acceptors (Lipinski definition) is 3. The third kappa shape index (κ3) is 4.56. The number of nitriles is 1. The van der Waals surface area contributed by atoms with Gasteiger partial charge in [-0.2, -0.15) is 5.26 Å². The van der Waals surface area contributed by atoms with Gasteiger partial charge in [0, 0.05) is 6.54 Å². The molecule has 4 nitrogen and oxygen atoms in total. The summed E-state index contributed by atoms with van der Waals surface area (Å²) in [5.41, 5.74) is 7.26. The maximum atomic E-state index is 11.7. The SMILES string of the molecule is CCCC[C@H](N)C(=O)NCc1cccc(C#N)c1. The van der Waals surface area contributed by atoms with Crippen molar-refractivity contribution in [3.8, 4) is 6.07 Å². The summed E-state index contributed by atoms with van der Waals surface area (Å²) in [4.78, 5) is 11.7. The van der Waals surface area contributed by atoms with Gasteiger partial charge in [-0.1, -0.05) is 31.9 Å². The molecule has 1 rings (SSSR count). The van der Waals surface area contributed by atoms with E-state index in [4.69, 9.17) is 11.0 Å². The van der Waals surface area contributed by atoms with Crippen molar-refractivity contribution >= 4 is 5.91 Å². The number of hydrogen-bond donors (Lipinski definition) is 2. The molecule has 18 heavy (non-hydrogen) atoms. The molecule has 0 unspecified atom stereocenters. The number of benzene rings is 1. The fraction of sp³-hybridized carbons (Fsp3) is 0.429. The number of carbonyl (C=O) groups is 1. The number of nitrogens with two attached hydrogens (primary N) is 1. The Kier molecular flexibility index (Phi) is 5.89. The normalized spacial score (nSPS) is 11.6. The second kappa shape index (κ2) is 7.46. The Balaban J connectivity index is 2.44. The molecule has 1 atom stereocenters. The van der Waals surface area contributed by atoms with Gasteiger partial charge in [0.15, 0.2) is 0 Å². The first-order valence-electron chi connectivity index (χ1n) is 6.19. The van der Waals surface area contributed by atoms with Gasteiger partial charge in [0.1, 0.15) is 0 Å². The Morgan fingerprint density at radius 1 is 1.56 bits per heavy atom. The second-order valence-corrected chi connectivity index (χ2v) is 4.28. The van der Waals surface area contributed by atoms with Crippen LogP contribution in [0, 0.1) is 11.3 Å². The van der Waals surface area contributed by atoms with Crippen molar-refractivity contribution in [1.82, 2.24) is 5.32 Å². The zero-order chi connectivity index (χ0) is 13.4. The Hall–Kier alpha value is -1.86. The minimum absolute atomic E-state index is 0.134.